The van der Waals surface area contributed by atoms with Gasteiger partial charge in [-0.2, -0.15) is 4.98 Å². The Hall–Kier alpha value is -2.97. The predicted molar refractivity (Wildman–Crippen MR) is 118 cm³/mol. The van der Waals surface area contributed by atoms with Crippen LogP contribution in [0.2, 0.25) is 0 Å². The zero-order valence-corrected chi connectivity index (χ0v) is 17.3. The van der Waals surface area contributed by atoms with Gasteiger partial charge < -0.3 is 25.8 Å². The van der Waals surface area contributed by atoms with E-state index < -0.39 is 0 Å². The number of nitrogens with two attached hydrogens (primary N) is 1. The van der Waals surface area contributed by atoms with Crippen LogP contribution in [0.5, 0.6) is 0 Å². The Morgan fingerprint density at radius 2 is 2.07 bits per heavy atom. The molecule has 156 valence electrons. The van der Waals surface area contributed by atoms with Crippen LogP contribution < -0.4 is 21.3 Å². The predicted octanol–water partition coefficient (Wildman–Crippen LogP) is 2.29. The van der Waals surface area contributed by atoms with Crippen LogP contribution in [0.4, 0.5) is 17.5 Å². The van der Waals surface area contributed by atoms with Gasteiger partial charge in [-0.1, -0.05) is 0 Å². The molecule has 0 saturated heterocycles. The third-order valence-corrected chi connectivity index (χ3v) is 5.77. The molecule has 2 aromatic heterocycles. The van der Waals surface area contributed by atoms with E-state index in [4.69, 9.17) is 15.7 Å². The van der Waals surface area contributed by atoms with Gasteiger partial charge in [0.1, 0.15) is 11.6 Å². The molecule has 8 nitrogen and oxygen atoms in total. The SMILES string of the molecule is Cc1nccn1-c1ccc(Nc2nc3c(c(N(CCN)C4CC4)n2)CNCC3)cc1. The number of imidazole rings is 1. The Kier molecular flexibility index (Phi) is 5.10. The Morgan fingerprint density at radius 1 is 1.23 bits per heavy atom. The second-order valence-corrected chi connectivity index (χ2v) is 7.95. The third-order valence-electron chi connectivity index (χ3n) is 5.77. The largest absolute Gasteiger partial charge is 0.352 e. The van der Waals surface area contributed by atoms with Gasteiger partial charge in [-0.3, -0.25) is 0 Å². The van der Waals surface area contributed by atoms with Crippen molar-refractivity contribution >= 4 is 17.5 Å². The van der Waals surface area contributed by atoms with Crippen molar-refractivity contribution in [2.75, 3.05) is 29.9 Å². The highest BCUT2D eigenvalue weighted by atomic mass is 15.3. The lowest BCUT2D eigenvalue weighted by Gasteiger charge is -2.29. The maximum absolute atomic E-state index is 5.91. The minimum Gasteiger partial charge on any atom is -0.352 e. The van der Waals surface area contributed by atoms with Gasteiger partial charge in [-0.25, -0.2) is 9.97 Å². The number of aryl methyl sites for hydroxylation is 1. The number of fused-ring (bicyclic) bond motifs is 1. The molecule has 1 fully saturated rings. The number of nitrogens with zero attached hydrogens (tertiary/aromatic N) is 5. The lowest BCUT2D eigenvalue weighted by molar-refractivity contribution is 0.620. The quantitative estimate of drug-likeness (QED) is 0.556. The maximum atomic E-state index is 5.91. The molecule has 0 bridgehead atoms. The van der Waals surface area contributed by atoms with Crippen LogP contribution in [0.15, 0.2) is 36.7 Å². The molecule has 0 unspecified atom stereocenters. The highest BCUT2D eigenvalue weighted by Gasteiger charge is 2.32. The van der Waals surface area contributed by atoms with Gasteiger partial charge in [0.25, 0.3) is 0 Å². The molecule has 0 amide bonds. The number of nitrogens with one attached hydrogen (secondary N) is 2. The summed E-state index contributed by atoms with van der Waals surface area (Å²) in [6.07, 6.45) is 7.12. The molecule has 0 atom stereocenters. The normalized spacial score (nSPS) is 15.7. The summed E-state index contributed by atoms with van der Waals surface area (Å²) in [6, 6.07) is 8.81. The van der Waals surface area contributed by atoms with Crippen LogP contribution in [0.3, 0.4) is 0 Å². The van der Waals surface area contributed by atoms with Gasteiger partial charge in [-0.15, -0.1) is 0 Å². The summed E-state index contributed by atoms with van der Waals surface area (Å²) in [6.45, 7) is 5.21. The Bertz CT molecular complexity index is 1020. The van der Waals surface area contributed by atoms with E-state index in [0.29, 0.717) is 18.5 Å². The van der Waals surface area contributed by atoms with Crippen molar-refractivity contribution in [1.29, 1.82) is 0 Å². The summed E-state index contributed by atoms with van der Waals surface area (Å²) >= 11 is 0. The fourth-order valence-electron chi connectivity index (χ4n) is 4.09. The average molecular weight is 405 g/mol. The first-order chi connectivity index (χ1) is 14.7. The molecule has 4 N–H and O–H groups in total. The highest BCUT2D eigenvalue weighted by Crippen LogP contribution is 2.34. The molecule has 3 aromatic rings. The van der Waals surface area contributed by atoms with Gasteiger partial charge in [0.15, 0.2) is 0 Å². The number of anilines is 3. The summed E-state index contributed by atoms with van der Waals surface area (Å²) in [5.41, 5.74) is 10.3. The van der Waals surface area contributed by atoms with E-state index in [9.17, 15) is 0 Å². The van der Waals surface area contributed by atoms with Gasteiger partial charge in [0.05, 0.1) is 5.69 Å². The first-order valence-electron chi connectivity index (χ1n) is 10.7. The maximum Gasteiger partial charge on any atom is 0.229 e. The van der Waals surface area contributed by atoms with E-state index in [1.807, 2.05) is 19.3 Å². The summed E-state index contributed by atoms with van der Waals surface area (Å²) in [5, 5.41) is 6.88. The first-order valence-corrected chi connectivity index (χ1v) is 10.7. The molecule has 1 aliphatic heterocycles. The second kappa shape index (κ2) is 8.04. The van der Waals surface area contributed by atoms with Gasteiger partial charge in [0, 0.05) is 68.0 Å². The van der Waals surface area contributed by atoms with E-state index >= 15 is 0 Å². The fourth-order valence-corrected chi connectivity index (χ4v) is 4.09. The first kappa shape index (κ1) is 19.0. The summed E-state index contributed by atoms with van der Waals surface area (Å²) < 4.78 is 2.06. The van der Waals surface area contributed by atoms with Gasteiger partial charge in [-0.05, 0) is 44.0 Å². The van der Waals surface area contributed by atoms with Crippen LogP contribution in [0, 0.1) is 6.92 Å². The summed E-state index contributed by atoms with van der Waals surface area (Å²) in [5.74, 6) is 2.65. The molecule has 1 saturated carbocycles. The topological polar surface area (TPSA) is 96.9 Å². The van der Waals surface area contributed by atoms with Crippen molar-refractivity contribution in [2.45, 2.75) is 38.8 Å². The number of benzene rings is 1. The van der Waals surface area contributed by atoms with E-state index in [1.165, 1.54) is 18.4 Å². The standard InChI is InChI=1S/C22H28N8/c1-15-25-11-13-29(15)17-4-2-16(3-5-17)26-22-27-20-8-10-24-14-19(20)21(28-22)30(12-9-23)18-6-7-18/h2-5,11,13,18,24H,6-10,12,14,23H2,1H3,(H,26,27,28). The fraction of sp³-hybridized carbons (Fsp3) is 0.409. The number of rotatable bonds is 7. The smallest absolute Gasteiger partial charge is 0.229 e. The minimum atomic E-state index is 0.556. The molecular weight excluding hydrogens is 376 g/mol. The van der Waals surface area contributed by atoms with E-state index in [0.717, 1.165) is 54.8 Å². The molecule has 0 spiro atoms. The van der Waals surface area contributed by atoms with Crippen molar-refractivity contribution in [3.63, 3.8) is 0 Å². The van der Waals surface area contributed by atoms with Crippen molar-refractivity contribution in [3.05, 3.63) is 53.7 Å². The molecule has 30 heavy (non-hydrogen) atoms. The zero-order valence-electron chi connectivity index (χ0n) is 17.3. The van der Waals surface area contributed by atoms with E-state index in [-0.39, 0.29) is 0 Å². The molecule has 3 heterocycles. The molecule has 0 radical (unpaired) electrons. The highest BCUT2D eigenvalue weighted by molar-refractivity contribution is 5.60. The number of aromatic nitrogens is 4. The Morgan fingerprint density at radius 3 is 2.77 bits per heavy atom. The molecule has 2 aliphatic rings. The molecule has 1 aromatic carbocycles. The molecule has 5 rings (SSSR count). The van der Waals surface area contributed by atoms with Crippen molar-refractivity contribution in [3.8, 4) is 5.69 Å². The Balaban J connectivity index is 1.44. The van der Waals surface area contributed by atoms with Crippen LogP contribution in [-0.4, -0.2) is 45.2 Å². The van der Waals surface area contributed by atoms with Crippen molar-refractivity contribution < 1.29 is 0 Å². The van der Waals surface area contributed by atoms with Crippen LogP contribution in [-0.2, 0) is 13.0 Å². The van der Waals surface area contributed by atoms with Crippen molar-refractivity contribution in [1.82, 2.24) is 24.8 Å². The zero-order chi connectivity index (χ0) is 20.5. The monoisotopic (exact) mass is 404 g/mol. The number of hydrogen-bond donors (Lipinski definition) is 3. The van der Waals surface area contributed by atoms with Crippen LogP contribution in [0.25, 0.3) is 5.69 Å². The number of hydrogen-bond acceptors (Lipinski definition) is 7. The summed E-state index contributed by atoms with van der Waals surface area (Å²) in [4.78, 5) is 16.5. The molecular formula is C22H28N8. The average Bonchev–Trinajstić information content (AvgIpc) is 3.52. The third kappa shape index (κ3) is 3.76. The van der Waals surface area contributed by atoms with E-state index in [2.05, 4.69) is 49.4 Å². The summed E-state index contributed by atoms with van der Waals surface area (Å²) in [7, 11) is 0. The van der Waals surface area contributed by atoms with Crippen LogP contribution in [0.1, 0.15) is 29.9 Å². The molecule has 1 aliphatic carbocycles. The molecule has 8 heteroatoms. The van der Waals surface area contributed by atoms with Gasteiger partial charge >= 0.3 is 0 Å². The van der Waals surface area contributed by atoms with E-state index in [1.54, 1.807) is 0 Å². The minimum absolute atomic E-state index is 0.556. The lowest BCUT2D eigenvalue weighted by Crippen LogP contribution is -2.35. The second-order valence-electron chi connectivity index (χ2n) is 7.95. The van der Waals surface area contributed by atoms with Crippen molar-refractivity contribution in [2.24, 2.45) is 5.73 Å². The Labute approximate surface area is 176 Å². The van der Waals surface area contributed by atoms with Gasteiger partial charge in [0.2, 0.25) is 5.95 Å². The van der Waals surface area contributed by atoms with Crippen LogP contribution >= 0.6 is 0 Å². The lowest BCUT2D eigenvalue weighted by atomic mass is 10.1.